The van der Waals surface area contributed by atoms with Gasteiger partial charge >= 0.3 is 0 Å². The molecular weight excluding hydrogens is 372 g/mol. The maximum atomic E-state index is 12.9. The zero-order valence-electron chi connectivity index (χ0n) is 17.9. The third-order valence-corrected chi connectivity index (χ3v) is 6.61. The topological polar surface area (TPSA) is 43.8 Å². The molecule has 1 saturated carbocycles. The van der Waals surface area contributed by atoms with E-state index in [1.807, 2.05) is 37.0 Å². The van der Waals surface area contributed by atoms with Gasteiger partial charge in [-0.3, -0.25) is 4.79 Å². The highest BCUT2D eigenvalue weighted by Crippen LogP contribution is 2.58. The Bertz CT molecular complexity index is 747. The van der Waals surface area contributed by atoms with Crippen LogP contribution in [0.5, 0.6) is 5.75 Å². The number of fused-ring (bicyclic) bond motifs is 3. The molecule has 2 aliphatic rings. The van der Waals surface area contributed by atoms with Crippen LogP contribution in [0.25, 0.3) is 0 Å². The maximum absolute atomic E-state index is 12.9. The fourth-order valence-corrected chi connectivity index (χ4v) is 5.27. The van der Waals surface area contributed by atoms with Gasteiger partial charge in [-0.05, 0) is 56.8 Å². The zero-order valence-corrected chi connectivity index (χ0v) is 18.7. The zero-order chi connectivity index (χ0) is 19.9. The summed E-state index contributed by atoms with van der Waals surface area (Å²) in [6.45, 7) is 8.52. The summed E-state index contributed by atoms with van der Waals surface area (Å²) in [5.74, 6) is 1.43. The van der Waals surface area contributed by atoms with E-state index in [0.29, 0.717) is 24.1 Å². The number of amides is 1. The minimum Gasteiger partial charge on any atom is -0.507 e. The average Bonchev–Trinajstić information content (AvgIpc) is 2.98. The molecule has 0 aromatic heterocycles. The smallest absolute Gasteiger partial charge is 0.236 e. The second-order valence-electron chi connectivity index (χ2n) is 8.73. The van der Waals surface area contributed by atoms with Crippen LogP contribution in [0.1, 0.15) is 72.7 Å². The highest BCUT2D eigenvalue weighted by Gasteiger charge is 2.47. The third kappa shape index (κ3) is 3.81. The Labute approximate surface area is 176 Å². The highest BCUT2D eigenvalue weighted by molar-refractivity contribution is 5.85. The lowest BCUT2D eigenvalue weighted by atomic mass is 9.77. The van der Waals surface area contributed by atoms with Gasteiger partial charge in [-0.15, -0.1) is 19.0 Å². The van der Waals surface area contributed by atoms with Gasteiger partial charge in [0.05, 0.1) is 12.6 Å². The molecule has 3 rings (SSSR count). The van der Waals surface area contributed by atoms with Crippen molar-refractivity contribution in [2.24, 2.45) is 5.92 Å². The lowest BCUT2D eigenvalue weighted by Crippen LogP contribution is -2.39. The molecule has 0 radical (unpaired) electrons. The number of carbonyl (C=O) groups excluding carboxylic acids is 1. The molecule has 0 spiro atoms. The molecule has 28 heavy (non-hydrogen) atoms. The number of allylic oxidation sites excluding steroid dienone is 1. The van der Waals surface area contributed by atoms with Crippen molar-refractivity contribution in [3.8, 4) is 5.75 Å². The molecule has 0 bridgehead atoms. The second kappa shape index (κ2) is 8.87. The van der Waals surface area contributed by atoms with Gasteiger partial charge in [0.25, 0.3) is 0 Å². The van der Waals surface area contributed by atoms with E-state index in [-0.39, 0.29) is 30.3 Å². The maximum Gasteiger partial charge on any atom is 0.236 e. The summed E-state index contributed by atoms with van der Waals surface area (Å²) < 4.78 is 0. The molecule has 1 amide bonds. The fraction of sp³-hybridized carbons (Fsp3) is 0.609. The number of likely N-dealkylation sites (N-methyl/N-ethyl adjacent to an activating group) is 2. The van der Waals surface area contributed by atoms with Gasteiger partial charge in [0.1, 0.15) is 5.75 Å². The average molecular weight is 407 g/mol. The molecule has 1 aromatic rings. The Kier molecular flexibility index (Phi) is 7.22. The van der Waals surface area contributed by atoms with Crippen molar-refractivity contribution < 1.29 is 9.90 Å². The quantitative estimate of drug-likeness (QED) is 0.717. The molecule has 156 valence electrons. The Morgan fingerprint density at radius 2 is 1.93 bits per heavy atom. The van der Waals surface area contributed by atoms with Gasteiger partial charge in [0, 0.05) is 24.1 Å². The molecule has 4 unspecified atom stereocenters. The summed E-state index contributed by atoms with van der Waals surface area (Å²) in [6.07, 6.45) is 6.58. The fourth-order valence-electron chi connectivity index (χ4n) is 5.27. The number of benzene rings is 1. The lowest BCUT2D eigenvalue weighted by molar-refractivity contribution is -0.134. The Balaban J connectivity index is 0.00000280. The van der Waals surface area contributed by atoms with Crippen LogP contribution in [0.15, 0.2) is 18.7 Å². The summed E-state index contributed by atoms with van der Waals surface area (Å²) in [6, 6.07) is 2.10. The lowest BCUT2D eigenvalue weighted by Gasteiger charge is -2.35. The van der Waals surface area contributed by atoms with E-state index in [1.165, 1.54) is 24.0 Å². The normalized spacial score (nSPS) is 24.1. The molecular formula is C23H35ClN2O2. The number of rotatable bonds is 5. The number of hydrogen-bond acceptors (Lipinski definition) is 3. The largest absolute Gasteiger partial charge is 0.507 e. The van der Waals surface area contributed by atoms with Crippen molar-refractivity contribution in [3.63, 3.8) is 0 Å². The van der Waals surface area contributed by atoms with Gasteiger partial charge in [-0.1, -0.05) is 31.9 Å². The molecule has 4 nitrogen and oxygen atoms in total. The van der Waals surface area contributed by atoms with E-state index in [4.69, 9.17) is 0 Å². The Morgan fingerprint density at radius 3 is 2.54 bits per heavy atom. The van der Waals surface area contributed by atoms with Crippen LogP contribution in [-0.4, -0.2) is 48.5 Å². The Hall–Kier alpha value is -1.52. The Morgan fingerprint density at radius 1 is 1.29 bits per heavy atom. The number of phenolic OH excluding ortho intramolecular Hbond substituents is 1. The number of carbonyl (C=O) groups is 1. The first kappa shape index (κ1) is 22.8. The summed E-state index contributed by atoms with van der Waals surface area (Å²) >= 11 is 0. The molecule has 0 aliphatic heterocycles. The van der Waals surface area contributed by atoms with Gasteiger partial charge in [-0.25, -0.2) is 0 Å². The first-order valence-corrected chi connectivity index (χ1v) is 10.2. The summed E-state index contributed by atoms with van der Waals surface area (Å²) in [5, 5.41) is 11.3. The minimum absolute atomic E-state index is 0. The number of halogens is 1. The van der Waals surface area contributed by atoms with Crippen molar-refractivity contribution in [2.45, 2.75) is 57.4 Å². The van der Waals surface area contributed by atoms with E-state index in [2.05, 4.69) is 26.5 Å². The first-order chi connectivity index (χ1) is 12.8. The molecule has 5 heteroatoms. The summed E-state index contributed by atoms with van der Waals surface area (Å²) in [7, 11) is 5.75. The highest BCUT2D eigenvalue weighted by atomic mass is 35.5. The molecule has 2 aliphatic carbocycles. The standard InChI is InChI=1S/C23H34N2O2.ClH/c1-7-14(2)18-12-15(3)20-16-10-8-9-11-17(16)22(21(20)23(18)27)25(6)19(26)13-24(4)5;/h7,12,14,16-17,22,27H,1,8-11,13H2,2-6H3;1H. The molecule has 0 heterocycles. The van der Waals surface area contributed by atoms with Crippen molar-refractivity contribution in [3.05, 3.63) is 41.0 Å². The molecule has 4 atom stereocenters. The van der Waals surface area contributed by atoms with E-state index in [0.717, 1.165) is 24.0 Å². The van der Waals surface area contributed by atoms with Gasteiger partial charge in [0.2, 0.25) is 5.91 Å². The van der Waals surface area contributed by atoms with Gasteiger partial charge in [0.15, 0.2) is 0 Å². The summed E-state index contributed by atoms with van der Waals surface area (Å²) in [4.78, 5) is 16.7. The predicted molar refractivity (Wildman–Crippen MR) is 117 cm³/mol. The van der Waals surface area contributed by atoms with Gasteiger partial charge < -0.3 is 14.9 Å². The van der Waals surface area contributed by atoms with Crippen molar-refractivity contribution >= 4 is 18.3 Å². The van der Waals surface area contributed by atoms with E-state index in [9.17, 15) is 9.90 Å². The van der Waals surface area contributed by atoms with Crippen LogP contribution >= 0.6 is 12.4 Å². The first-order valence-electron chi connectivity index (χ1n) is 10.2. The van der Waals surface area contributed by atoms with Crippen LogP contribution in [0.2, 0.25) is 0 Å². The summed E-state index contributed by atoms with van der Waals surface area (Å²) in [5.41, 5.74) is 4.48. The predicted octanol–water partition coefficient (Wildman–Crippen LogP) is 4.76. The van der Waals surface area contributed by atoms with Crippen LogP contribution in [0, 0.1) is 12.8 Å². The van der Waals surface area contributed by atoms with Crippen LogP contribution in [-0.2, 0) is 4.79 Å². The number of aryl methyl sites for hydroxylation is 1. The van der Waals surface area contributed by atoms with Gasteiger partial charge in [-0.2, -0.15) is 0 Å². The molecule has 1 N–H and O–H groups in total. The van der Waals surface area contributed by atoms with E-state index >= 15 is 0 Å². The number of aromatic hydroxyl groups is 1. The second-order valence-corrected chi connectivity index (χ2v) is 8.73. The van der Waals surface area contributed by atoms with Crippen molar-refractivity contribution in [2.75, 3.05) is 27.7 Å². The van der Waals surface area contributed by atoms with Crippen LogP contribution < -0.4 is 0 Å². The SMILES string of the molecule is C=CC(C)c1cc(C)c2c(c1O)C(N(C)C(=O)CN(C)C)C1CCCCC21.Cl. The number of nitrogens with zero attached hydrogens (tertiary/aromatic N) is 2. The minimum atomic E-state index is -0.0339. The van der Waals surface area contributed by atoms with E-state index < -0.39 is 0 Å². The number of hydrogen-bond donors (Lipinski definition) is 1. The van der Waals surface area contributed by atoms with E-state index in [1.54, 1.807) is 0 Å². The molecule has 1 aromatic carbocycles. The van der Waals surface area contributed by atoms with Crippen molar-refractivity contribution in [1.82, 2.24) is 9.80 Å². The number of phenols is 1. The third-order valence-electron chi connectivity index (χ3n) is 6.61. The van der Waals surface area contributed by atoms with Crippen LogP contribution in [0.3, 0.4) is 0 Å². The van der Waals surface area contributed by atoms with Crippen molar-refractivity contribution in [1.29, 1.82) is 0 Å². The van der Waals surface area contributed by atoms with Crippen LogP contribution in [0.4, 0.5) is 0 Å². The molecule has 0 saturated heterocycles. The monoisotopic (exact) mass is 406 g/mol. The molecule has 1 fully saturated rings.